The Labute approximate surface area is 151 Å². The highest BCUT2D eigenvalue weighted by atomic mass is 16.3. The molecule has 7 heteroatoms. The highest BCUT2D eigenvalue weighted by molar-refractivity contribution is 6.05. The van der Waals surface area contributed by atoms with Gasteiger partial charge in [0, 0.05) is 50.3 Å². The summed E-state index contributed by atoms with van der Waals surface area (Å²) < 4.78 is 0. The zero-order chi connectivity index (χ0) is 18.1. The van der Waals surface area contributed by atoms with Crippen molar-refractivity contribution in [1.29, 1.82) is 0 Å². The predicted molar refractivity (Wildman–Crippen MR) is 95.2 cm³/mol. The van der Waals surface area contributed by atoms with Crippen LogP contribution in [0, 0.1) is 0 Å². The van der Waals surface area contributed by atoms with Gasteiger partial charge in [0.1, 0.15) is 5.54 Å². The van der Waals surface area contributed by atoms with Gasteiger partial charge < -0.3 is 10.1 Å². The molecule has 0 bridgehead atoms. The van der Waals surface area contributed by atoms with E-state index in [0.29, 0.717) is 26.1 Å². The number of aliphatic hydroxyl groups is 1. The molecule has 7 nitrogen and oxygen atoms in total. The van der Waals surface area contributed by atoms with Gasteiger partial charge in [0.25, 0.3) is 5.91 Å². The van der Waals surface area contributed by atoms with E-state index in [9.17, 15) is 14.7 Å². The monoisotopic (exact) mass is 354 g/mol. The number of β-amino-alcohol motifs (C(OH)–C–C–N with tert-alkyl or cyclic N) is 1. The summed E-state index contributed by atoms with van der Waals surface area (Å²) in [5, 5.41) is 11.3. The summed E-state index contributed by atoms with van der Waals surface area (Å²) in [5.41, 5.74) is 1.65. The van der Waals surface area contributed by atoms with Crippen LogP contribution in [0.4, 0.5) is 0 Å². The van der Waals surface area contributed by atoms with Crippen LogP contribution in [0.25, 0.3) is 10.9 Å². The third-order valence-electron chi connectivity index (χ3n) is 6.19. The van der Waals surface area contributed by atoms with Crippen LogP contribution in [0.5, 0.6) is 0 Å². The summed E-state index contributed by atoms with van der Waals surface area (Å²) in [5.74, 6) is -0.324. The topological polar surface area (TPSA) is 79.9 Å². The highest BCUT2D eigenvalue weighted by Crippen LogP contribution is 2.40. The second kappa shape index (κ2) is 5.39. The lowest BCUT2D eigenvalue weighted by Gasteiger charge is -2.58. The summed E-state index contributed by atoms with van der Waals surface area (Å²) in [6.07, 6.45) is 1.90. The Morgan fingerprint density at radius 1 is 1.27 bits per heavy atom. The van der Waals surface area contributed by atoms with Crippen LogP contribution in [-0.4, -0.2) is 81.0 Å². The van der Waals surface area contributed by atoms with Crippen LogP contribution in [0.15, 0.2) is 30.5 Å². The number of aliphatic hydroxyl groups excluding tert-OH is 1. The first-order chi connectivity index (χ1) is 12.5. The molecule has 0 unspecified atom stereocenters. The zero-order valence-corrected chi connectivity index (χ0v) is 14.7. The lowest BCUT2D eigenvalue weighted by molar-refractivity contribution is -0.178. The number of aromatic nitrogens is 1. The van der Waals surface area contributed by atoms with Gasteiger partial charge in [-0.1, -0.05) is 18.2 Å². The third kappa shape index (κ3) is 2.05. The Morgan fingerprint density at radius 2 is 2.04 bits per heavy atom. The molecule has 3 aliphatic rings. The number of likely N-dealkylation sites (N-methyl/N-ethyl adjacent to an activating group) is 1. The average Bonchev–Trinajstić information content (AvgIpc) is 3.19. The Hall–Kier alpha value is -2.22. The number of carbonyl (C=O) groups is 2. The third-order valence-corrected chi connectivity index (χ3v) is 6.19. The van der Waals surface area contributed by atoms with Crippen LogP contribution in [0.1, 0.15) is 12.0 Å². The average molecular weight is 354 g/mol. The van der Waals surface area contributed by atoms with Crippen LogP contribution >= 0.6 is 0 Å². The molecule has 5 rings (SSSR count). The Balaban J connectivity index is 1.38. The normalized spacial score (nSPS) is 28.8. The molecule has 2 atom stereocenters. The number of hydrogen-bond donors (Lipinski definition) is 2. The molecule has 1 aromatic heterocycles. The van der Waals surface area contributed by atoms with E-state index in [1.807, 2.05) is 23.2 Å². The lowest BCUT2D eigenvalue weighted by Crippen LogP contribution is -2.80. The van der Waals surface area contributed by atoms with Crippen molar-refractivity contribution in [3.05, 3.63) is 36.0 Å². The molecule has 4 heterocycles. The van der Waals surface area contributed by atoms with E-state index in [4.69, 9.17) is 0 Å². The minimum Gasteiger partial charge on any atom is -0.392 e. The largest absolute Gasteiger partial charge is 0.392 e. The number of likely N-dealkylation sites (tertiary alicyclic amines) is 1. The summed E-state index contributed by atoms with van der Waals surface area (Å²) in [4.78, 5) is 34.0. The van der Waals surface area contributed by atoms with Crippen molar-refractivity contribution in [1.82, 2.24) is 19.7 Å². The Bertz CT molecular complexity index is 901. The second-order valence-electron chi connectivity index (χ2n) is 7.80. The number of hydrogen-bond acceptors (Lipinski definition) is 5. The first kappa shape index (κ1) is 16.0. The molecule has 0 saturated carbocycles. The molecule has 136 valence electrons. The standard InChI is InChI=1S/C19H22N4O3/c1-21-17(25)16-6-13(24)9-23(16)19(18(21)26)10-22(11-19)8-12-7-20-15-5-3-2-4-14(12)15/h2-5,7,13,16,20,24H,6,8-11H2,1H3/t13-,16+/m1/s1. The SMILES string of the molecule is CN1C(=O)[C@@H]2C[C@@H](O)CN2C2(CN(Cc3c[nH]c4ccccc34)C2)C1=O. The number of rotatable bonds is 2. The van der Waals surface area contributed by atoms with E-state index >= 15 is 0 Å². The first-order valence-corrected chi connectivity index (χ1v) is 9.04. The maximum absolute atomic E-state index is 12.9. The van der Waals surface area contributed by atoms with Gasteiger partial charge in [0.05, 0.1) is 12.1 Å². The lowest BCUT2D eigenvalue weighted by atomic mass is 9.82. The quantitative estimate of drug-likeness (QED) is 0.751. The molecule has 3 aliphatic heterocycles. The smallest absolute Gasteiger partial charge is 0.252 e. The van der Waals surface area contributed by atoms with Crippen LogP contribution in [0.2, 0.25) is 0 Å². The van der Waals surface area contributed by atoms with Gasteiger partial charge in [0.2, 0.25) is 5.91 Å². The molecular weight excluding hydrogens is 332 g/mol. The van der Waals surface area contributed by atoms with Crippen molar-refractivity contribution >= 4 is 22.7 Å². The fourth-order valence-electron chi connectivity index (χ4n) is 4.91. The minimum atomic E-state index is -0.670. The number of nitrogens with zero attached hydrogens (tertiary/aromatic N) is 3. The predicted octanol–water partition coefficient (Wildman–Crippen LogP) is 0.156. The Morgan fingerprint density at radius 3 is 2.85 bits per heavy atom. The van der Waals surface area contributed by atoms with Gasteiger partial charge in [-0.05, 0) is 18.1 Å². The Kier molecular flexibility index (Phi) is 3.31. The number of carbonyl (C=O) groups excluding carboxylic acids is 2. The van der Waals surface area contributed by atoms with E-state index in [0.717, 1.165) is 12.1 Å². The van der Waals surface area contributed by atoms with Gasteiger partial charge in [-0.2, -0.15) is 0 Å². The number of nitrogens with one attached hydrogen (secondary N) is 1. The van der Waals surface area contributed by atoms with Gasteiger partial charge in [0.15, 0.2) is 0 Å². The summed E-state index contributed by atoms with van der Waals surface area (Å²) >= 11 is 0. The molecule has 0 aliphatic carbocycles. The summed E-state index contributed by atoms with van der Waals surface area (Å²) in [6.45, 7) is 2.34. The maximum Gasteiger partial charge on any atom is 0.252 e. The van der Waals surface area contributed by atoms with E-state index in [1.165, 1.54) is 15.8 Å². The molecule has 1 spiro atoms. The van der Waals surface area contributed by atoms with Crippen molar-refractivity contribution in [2.24, 2.45) is 0 Å². The van der Waals surface area contributed by atoms with Crippen molar-refractivity contribution in [2.75, 3.05) is 26.7 Å². The molecule has 3 saturated heterocycles. The molecule has 26 heavy (non-hydrogen) atoms. The molecule has 2 aromatic rings. The summed E-state index contributed by atoms with van der Waals surface area (Å²) in [7, 11) is 1.57. The molecule has 1 aromatic carbocycles. The van der Waals surface area contributed by atoms with Gasteiger partial charge in [-0.25, -0.2) is 0 Å². The van der Waals surface area contributed by atoms with Gasteiger partial charge >= 0.3 is 0 Å². The molecule has 0 radical (unpaired) electrons. The van der Waals surface area contributed by atoms with Crippen molar-refractivity contribution < 1.29 is 14.7 Å². The molecular formula is C19H22N4O3. The maximum atomic E-state index is 12.9. The number of aromatic amines is 1. The van der Waals surface area contributed by atoms with Gasteiger partial charge in [-0.3, -0.25) is 24.3 Å². The number of benzene rings is 1. The first-order valence-electron chi connectivity index (χ1n) is 9.04. The second-order valence-corrected chi connectivity index (χ2v) is 7.80. The zero-order valence-electron chi connectivity index (χ0n) is 14.7. The van der Waals surface area contributed by atoms with Crippen molar-refractivity contribution in [3.8, 4) is 0 Å². The number of fused-ring (bicyclic) bond motifs is 3. The van der Waals surface area contributed by atoms with E-state index < -0.39 is 11.6 Å². The minimum absolute atomic E-state index is 0.136. The van der Waals surface area contributed by atoms with Crippen molar-refractivity contribution in [2.45, 2.75) is 30.7 Å². The van der Waals surface area contributed by atoms with Crippen molar-refractivity contribution in [3.63, 3.8) is 0 Å². The number of piperazine rings is 1. The number of imide groups is 1. The van der Waals surface area contributed by atoms with Crippen LogP contribution in [-0.2, 0) is 16.1 Å². The molecule has 3 fully saturated rings. The van der Waals surface area contributed by atoms with E-state index in [-0.39, 0.29) is 17.9 Å². The number of para-hydroxylation sites is 1. The highest BCUT2D eigenvalue weighted by Gasteiger charge is 2.63. The molecule has 2 amide bonds. The van der Waals surface area contributed by atoms with E-state index in [1.54, 1.807) is 7.05 Å². The summed E-state index contributed by atoms with van der Waals surface area (Å²) in [6, 6.07) is 7.81. The van der Waals surface area contributed by atoms with Crippen LogP contribution < -0.4 is 0 Å². The van der Waals surface area contributed by atoms with E-state index in [2.05, 4.69) is 22.0 Å². The fraction of sp³-hybridized carbons (Fsp3) is 0.474. The van der Waals surface area contributed by atoms with Crippen LogP contribution in [0.3, 0.4) is 0 Å². The number of H-pyrrole nitrogens is 1. The number of amides is 2. The molecule has 2 N–H and O–H groups in total. The fourth-order valence-corrected chi connectivity index (χ4v) is 4.91. The van der Waals surface area contributed by atoms with Gasteiger partial charge in [-0.15, -0.1) is 0 Å².